The van der Waals surface area contributed by atoms with Crippen molar-refractivity contribution in [1.29, 1.82) is 0 Å². The summed E-state index contributed by atoms with van der Waals surface area (Å²) >= 11 is 0. The van der Waals surface area contributed by atoms with E-state index in [9.17, 15) is 13.6 Å². The Morgan fingerprint density at radius 1 is 1.12 bits per heavy atom. The SMILES string of the molecule is CC(C)C(C(=O)N(C)CCCc1cc(-c2ccccc2)n[nH]1)n1cnc2cc(F)c(F)cc21. The molecule has 2 aromatic carbocycles. The van der Waals surface area contributed by atoms with Crippen LogP contribution in [0.15, 0.2) is 54.9 Å². The number of hydrogen-bond acceptors (Lipinski definition) is 3. The number of H-pyrrole nitrogens is 1. The molecule has 4 rings (SSSR count). The second kappa shape index (κ2) is 9.52. The lowest BCUT2D eigenvalue weighted by Crippen LogP contribution is -2.37. The van der Waals surface area contributed by atoms with Crippen LogP contribution in [0.1, 0.15) is 32.0 Å². The Hall–Kier alpha value is -3.55. The number of aryl methyl sites for hydroxylation is 1. The van der Waals surface area contributed by atoms with Crippen LogP contribution in [0.2, 0.25) is 0 Å². The number of carbonyl (C=O) groups excluding carboxylic acids is 1. The van der Waals surface area contributed by atoms with Crippen LogP contribution in [0.4, 0.5) is 8.78 Å². The van der Waals surface area contributed by atoms with Crippen molar-refractivity contribution in [2.45, 2.75) is 32.7 Å². The lowest BCUT2D eigenvalue weighted by atomic mass is 10.0. The van der Waals surface area contributed by atoms with Gasteiger partial charge in [0.1, 0.15) is 6.04 Å². The summed E-state index contributed by atoms with van der Waals surface area (Å²) in [6.45, 7) is 4.41. The number of amides is 1. The van der Waals surface area contributed by atoms with E-state index in [1.165, 1.54) is 6.33 Å². The molecule has 0 bridgehead atoms. The molecule has 0 radical (unpaired) electrons. The number of benzene rings is 2. The third kappa shape index (κ3) is 4.79. The van der Waals surface area contributed by atoms with Crippen molar-refractivity contribution in [2.75, 3.05) is 13.6 Å². The highest BCUT2D eigenvalue weighted by Gasteiger charge is 2.28. The first kappa shape index (κ1) is 22.6. The molecule has 0 saturated carbocycles. The second-order valence-corrected chi connectivity index (χ2v) is 8.60. The minimum atomic E-state index is -0.956. The molecule has 0 fully saturated rings. The molecule has 0 aliphatic rings. The number of carbonyl (C=O) groups is 1. The molecule has 6 nitrogen and oxygen atoms in total. The summed E-state index contributed by atoms with van der Waals surface area (Å²) in [5.74, 6) is -2.07. The maximum atomic E-state index is 13.8. The summed E-state index contributed by atoms with van der Waals surface area (Å²) in [6.07, 6.45) is 2.99. The van der Waals surface area contributed by atoms with E-state index < -0.39 is 17.7 Å². The molecule has 1 amide bonds. The number of likely N-dealkylation sites (N-methyl/N-ethyl adjacent to an activating group) is 1. The third-order valence-corrected chi connectivity index (χ3v) is 5.82. The average molecular weight is 452 g/mol. The topological polar surface area (TPSA) is 66.8 Å². The number of aromatic amines is 1. The van der Waals surface area contributed by atoms with Gasteiger partial charge in [0.25, 0.3) is 0 Å². The Kier molecular flexibility index (Phi) is 6.53. The lowest BCUT2D eigenvalue weighted by molar-refractivity contribution is -0.134. The van der Waals surface area contributed by atoms with E-state index in [1.54, 1.807) is 16.5 Å². The van der Waals surface area contributed by atoms with E-state index in [-0.39, 0.29) is 11.8 Å². The molecule has 8 heteroatoms. The highest BCUT2D eigenvalue weighted by molar-refractivity contribution is 5.84. The summed E-state index contributed by atoms with van der Waals surface area (Å²) in [5, 5.41) is 7.44. The largest absolute Gasteiger partial charge is 0.344 e. The van der Waals surface area contributed by atoms with E-state index in [1.807, 2.05) is 50.2 Å². The number of nitrogens with one attached hydrogen (secondary N) is 1. The molecular weight excluding hydrogens is 424 g/mol. The molecule has 0 spiro atoms. The maximum absolute atomic E-state index is 13.8. The monoisotopic (exact) mass is 451 g/mol. The fraction of sp³-hybridized carbons (Fsp3) is 0.320. The first-order valence-corrected chi connectivity index (χ1v) is 11.0. The van der Waals surface area contributed by atoms with E-state index >= 15 is 0 Å². The first-order valence-electron chi connectivity index (χ1n) is 11.0. The zero-order chi connectivity index (χ0) is 23.5. The molecule has 1 atom stereocenters. The minimum Gasteiger partial charge on any atom is -0.344 e. The zero-order valence-electron chi connectivity index (χ0n) is 18.9. The van der Waals surface area contributed by atoms with Crippen molar-refractivity contribution in [3.05, 3.63) is 72.2 Å². The highest BCUT2D eigenvalue weighted by Crippen LogP contribution is 2.27. The van der Waals surface area contributed by atoms with Crippen LogP contribution in [-0.4, -0.2) is 44.1 Å². The van der Waals surface area contributed by atoms with Crippen LogP contribution in [-0.2, 0) is 11.2 Å². The van der Waals surface area contributed by atoms with E-state index in [4.69, 9.17) is 0 Å². The fourth-order valence-electron chi connectivity index (χ4n) is 4.06. The number of hydrogen-bond donors (Lipinski definition) is 1. The molecule has 0 saturated heterocycles. The van der Waals surface area contributed by atoms with Gasteiger partial charge in [0.15, 0.2) is 11.6 Å². The Morgan fingerprint density at radius 2 is 1.85 bits per heavy atom. The van der Waals surface area contributed by atoms with Crippen LogP contribution in [0, 0.1) is 17.6 Å². The Bertz CT molecular complexity index is 1250. The second-order valence-electron chi connectivity index (χ2n) is 8.60. The zero-order valence-corrected chi connectivity index (χ0v) is 18.9. The first-order chi connectivity index (χ1) is 15.8. The van der Waals surface area contributed by atoms with Gasteiger partial charge >= 0.3 is 0 Å². The van der Waals surface area contributed by atoms with Gasteiger partial charge in [-0.25, -0.2) is 13.8 Å². The fourth-order valence-corrected chi connectivity index (χ4v) is 4.06. The molecule has 4 aromatic rings. The van der Waals surface area contributed by atoms with Gasteiger partial charge in [0.2, 0.25) is 5.91 Å². The van der Waals surface area contributed by atoms with Gasteiger partial charge in [-0.05, 0) is 24.8 Å². The summed E-state index contributed by atoms with van der Waals surface area (Å²) in [7, 11) is 1.76. The normalized spacial score (nSPS) is 12.4. The van der Waals surface area contributed by atoms with Crippen molar-refractivity contribution in [2.24, 2.45) is 5.92 Å². The molecule has 1 N–H and O–H groups in total. The van der Waals surface area contributed by atoms with Crippen molar-refractivity contribution in [3.8, 4) is 11.3 Å². The number of imidazole rings is 1. The molecule has 172 valence electrons. The molecule has 2 aromatic heterocycles. The molecule has 2 heterocycles. The number of aromatic nitrogens is 4. The van der Waals surface area contributed by atoms with Crippen molar-refractivity contribution < 1.29 is 13.6 Å². The summed E-state index contributed by atoms with van der Waals surface area (Å²) in [4.78, 5) is 19.2. The van der Waals surface area contributed by atoms with Gasteiger partial charge in [0, 0.05) is 37.0 Å². The average Bonchev–Trinajstić information content (AvgIpc) is 3.42. The van der Waals surface area contributed by atoms with Crippen LogP contribution in [0.5, 0.6) is 0 Å². The summed E-state index contributed by atoms with van der Waals surface area (Å²) in [6, 6.07) is 13.6. The highest BCUT2D eigenvalue weighted by atomic mass is 19.2. The number of rotatable bonds is 8. The molecular formula is C25H27F2N5O. The number of fused-ring (bicyclic) bond motifs is 1. The predicted octanol–water partition coefficient (Wildman–Crippen LogP) is 4.99. The standard InChI is InChI=1S/C25H27F2N5O/c1-16(2)24(32-15-28-22-13-19(26)20(27)14-23(22)32)25(33)31(3)11-7-10-18-12-21(30-29-18)17-8-5-4-6-9-17/h4-6,8-9,12-16,24H,7,10-11H2,1-3H3,(H,29,30). The lowest BCUT2D eigenvalue weighted by Gasteiger charge is -2.27. The van der Waals surface area contributed by atoms with E-state index in [0.717, 1.165) is 41.9 Å². The van der Waals surface area contributed by atoms with Gasteiger partial charge in [-0.1, -0.05) is 44.2 Å². The maximum Gasteiger partial charge on any atom is 0.245 e. The quantitative estimate of drug-likeness (QED) is 0.410. The van der Waals surface area contributed by atoms with Crippen LogP contribution in [0.25, 0.3) is 22.3 Å². The molecule has 0 aliphatic heterocycles. The molecule has 0 aliphatic carbocycles. The van der Waals surface area contributed by atoms with Crippen LogP contribution >= 0.6 is 0 Å². The van der Waals surface area contributed by atoms with Crippen LogP contribution in [0.3, 0.4) is 0 Å². The van der Waals surface area contributed by atoms with Gasteiger partial charge in [-0.15, -0.1) is 0 Å². The van der Waals surface area contributed by atoms with E-state index in [2.05, 4.69) is 15.2 Å². The summed E-state index contributed by atoms with van der Waals surface area (Å²) in [5.41, 5.74) is 3.68. The van der Waals surface area contributed by atoms with E-state index in [0.29, 0.717) is 17.6 Å². The Balaban J connectivity index is 1.42. The van der Waals surface area contributed by atoms with Crippen LogP contribution < -0.4 is 0 Å². The Morgan fingerprint density at radius 3 is 2.58 bits per heavy atom. The van der Waals surface area contributed by atoms with Gasteiger partial charge in [-0.2, -0.15) is 5.10 Å². The molecule has 33 heavy (non-hydrogen) atoms. The number of halogens is 2. The summed E-state index contributed by atoms with van der Waals surface area (Å²) < 4.78 is 29.1. The van der Waals surface area contributed by atoms with Crippen molar-refractivity contribution in [1.82, 2.24) is 24.6 Å². The van der Waals surface area contributed by atoms with Gasteiger partial charge < -0.3 is 9.47 Å². The minimum absolute atomic E-state index is 0.0634. The van der Waals surface area contributed by atoms with Gasteiger partial charge in [0.05, 0.1) is 23.1 Å². The van der Waals surface area contributed by atoms with Crippen molar-refractivity contribution >= 4 is 16.9 Å². The Labute approximate surface area is 191 Å². The number of nitrogens with zero attached hydrogens (tertiary/aromatic N) is 4. The smallest absolute Gasteiger partial charge is 0.245 e. The predicted molar refractivity (Wildman–Crippen MR) is 124 cm³/mol. The van der Waals surface area contributed by atoms with Gasteiger partial charge in [-0.3, -0.25) is 9.89 Å². The van der Waals surface area contributed by atoms with Crippen molar-refractivity contribution in [3.63, 3.8) is 0 Å². The third-order valence-electron chi connectivity index (χ3n) is 5.82. The molecule has 1 unspecified atom stereocenters.